The molecule has 0 unspecified atom stereocenters. The minimum Gasteiger partial charge on any atom is -0.396 e. The van der Waals surface area contributed by atoms with E-state index in [4.69, 9.17) is 5.73 Å². The number of nitrogens with one attached hydrogen (secondary N) is 1. The van der Waals surface area contributed by atoms with E-state index in [1.54, 1.807) is 18.5 Å². The maximum absolute atomic E-state index is 12.8. The molecule has 2 aromatic heterocycles. The molecule has 0 amide bonds. The number of rotatable bonds is 4. The molecule has 0 spiro atoms. The van der Waals surface area contributed by atoms with Crippen LogP contribution in [0.5, 0.6) is 0 Å². The normalized spacial score (nSPS) is 17.8. The summed E-state index contributed by atoms with van der Waals surface area (Å²) in [5.41, 5.74) is 6.82. The maximum atomic E-state index is 12.8. The van der Waals surface area contributed by atoms with Gasteiger partial charge in [0, 0.05) is 31.6 Å². The van der Waals surface area contributed by atoms with E-state index in [-0.39, 0.29) is 23.6 Å². The molecular weight excluding hydrogens is 344 g/mol. The molecule has 0 radical (unpaired) electrons. The number of aromatic nitrogens is 4. The molecule has 1 saturated heterocycles. The van der Waals surface area contributed by atoms with E-state index in [0.717, 1.165) is 12.8 Å². The molecule has 146 valence electrons. The minimum atomic E-state index is -0.288. The number of aliphatic hydroxyl groups is 1. The van der Waals surface area contributed by atoms with Crippen molar-refractivity contribution in [2.24, 2.45) is 24.1 Å². The molecule has 2 aromatic rings. The Morgan fingerprint density at radius 2 is 2.04 bits per heavy atom. The van der Waals surface area contributed by atoms with Crippen LogP contribution in [-0.2, 0) is 7.05 Å². The lowest BCUT2D eigenvalue weighted by Crippen LogP contribution is -2.54. The van der Waals surface area contributed by atoms with Gasteiger partial charge in [0.05, 0.1) is 6.61 Å². The Labute approximate surface area is 158 Å². The van der Waals surface area contributed by atoms with Crippen LogP contribution in [0.25, 0.3) is 11.0 Å². The second-order valence-electron chi connectivity index (χ2n) is 7.73. The molecule has 8 nitrogen and oxygen atoms in total. The van der Waals surface area contributed by atoms with Crippen molar-refractivity contribution in [2.45, 2.75) is 39.7 Å². The first-order valence-electron chi connectivity index (χ1n) is 9.34. The number of anilines is 1. The van der Waals surface area contributed by atoms with Crippen LogP contribution in [0, 0.1) is 23.2 Å². The molecule has 1 fully saturated rings. The Morgan fingerprint density at radius 3 is 2.59 bits per heavy atom. The van der Waals surface area contributed by atoms with Crippen molar-refractivity contribution in [2.75, 3.05) is 24.6 Å². The summed E-state index contributed by atoms with van der Waals surface area (Å²) in [6, 6.07) is -0.0644. The van der Waals surface area contributed by atoms with Crippen molar-refractivity contribution < 1.29 is 5.11 Å². The number of aliphatic hydroxyl groups excluding tert-OH is 1. The van der Waals surface area contributed by atoms with Gasteiger partial charge >= 0.3 is 0 Å². The van der Waals surface area contributed by atoms with Gasteiger partial charge in [0.25, 0.3) is 5.56 Å². The molecule has 3 heterocycles. The van der Waals surface area contributed by atoms with Gasteiger partial charge in [0.15, 0.2) is 5.65 Å². The predicted octanol–water partition coefficient (Wildman–Crippen LogP) is 0.590. The zero-order chi connectivity index (χ0) is 19.8. The van der Waals surface area contributed by atoms with E-state index >= 15 is 0 Å². The third kappa shape index (κ3) is 3.22. The second-order valence-corrected chi connectivity index (χ2v) is 7.73. The summed E-state index contributed by atoms with van der Waals surface area (Å²) in [5.74, 6) is 6.52. The van der Waals surface area contributed by atoms with E-state index in [2.05, 4.69) is 45.8 Å². The van der Waals surface area contributed by atoms with E-state index in [1.807, 2.05) is 0 Å². The quantitative estimate of drug-likeness (QED) is 0.677. The van der Waals surface area contributed by atoms with Gasteiger partial charge in [0.2, 0.25) is 5.95 Å². The lowest BCUT2D eigenvalue weighted by Gasteiger charge is -2.46. The Bertz CT molecular complexity index is 941. The molecule has 4 N–H and O–H groups in total. The molecule has 0 aliphatic carbocycles. The SMILES string of the molecule is CC#Cc1[nH]nc2nc(N3CCC(CO)([C@H](N)C(C)C)CC3)n(C)c(=O)c12. The van der Waals surface area contributed by atoms with Crippen molar-refractivity contribution in [3.05, 3.63) is 16.0 Å². The molecule has 27 heavy (non-hydrogen) atoms. The molecule has 0 bridgehead atoms. The van der Waals surface area contributed by atoms with Crippen molar-refractivity contribution in [1.29, 1.82) is 0 Å². The van der Waals surface area contributed by atoms with Crippen molar-refractivity contribution in [3.63, 3.8) is 0 Å². The summed E-state index contributed by atoms with van der Waals surface area (Å²) in [5, 5.41) is 17.4. The summed E-state index contributed by atoms with van der Waals surface area (Å²) < 4.78 is 1.55. The fourth-order valence-electron chi connectivity index (χ4n) is 4.00. The maximum Gasteiger partial charge on any atom is 0.267 e. The smallest absolute Gasteiger partial charge is 0.267 e. The first kappa shape index (κ1) is 19.4. The van der Waals surface area contributed by atoms with E-state index in [9.17, 15) is 9.90 Å². The summed E-state index contributed by atoms with van der Waals surface area (Å²) in [7, 11) is 1.72. The first-order valence-corrected chi connectivity index (χ1v) is 9.34. The molecule has 1 aliphatic heterocycles. The fraction of sp³-hybridized carbons (Fsp3) is 0.632. The molecule has 1 atom stereocenters. The molecular formula is C19H28N6O2. The van der Waals surface area contributed by atoms with Gasteiger partial charge in [-0.15, -0.1) is 0 Å². The topological polar surface area (TPSA) is 113 Å². The highest BCUT2D eigenvalue weighted by Gasteiger charge is 2.41. The van der Waals surface area contributed by atoms with Crippen molar-refractivity contribution in [3.8, 4) is 11.8 Å². The van der Waals surface area contributed by atoms with Gasteiger partial charge in [-0.2, -0.15) is 10.1 Å². The van der Waals surface area contributed by atoms with Crippen molar-refractivity contribution in [1.82, 2.24) is 19.7 Å². The molecule has 3 rings (SSSR count). The number of hydrogen-bond acceptors (Lipinski definition) is 6. The zero-order valence-electron chi connectivity index (χ0n) is 16.4. The summed E-state index contributed by atoms with van der Waals surface area (Å²) in [4.78, 5) is 19.5. The second kappa shape index (κ2) is 7.33. The minimum absolute atomic E-state index is 0.0644. The lowest BCUT2D eigenvalue weighted by molar-refractivity contribution is 0.0527. The predicted molar refractivity (Wildman–Crippen MR) is 105 cm³/mol. The van der Waals surface area contributed by atoms with Gasteiger partial charge in [-0.3, -0.25) is 14.5 Å². The Kier molecular flexibility index (Phi) is 5.27. The van der Waals surface area contributed by atoms with Gasteiger partial charge in [-0.1, -0.05) is 19.8 Å². The van der Waals surface area contributed by atoms with Crippen LogP contribution >= 0.6 is 0 Å². The highest BCUT2D eigenvalue weighted by molar-refractivity contribution is 5.80. The number of piperidine rings is 1. The highest BCUT2D eigenvalue weighted by atomic mass is 16.3. The van der Waals surface area contributed by atoms with E-state index < -0.39 is 0 Å². The van der Waals surface area contributed by atoms with Crippen LogP contribution in [0.4, 0.5) is 5.95 Å². The number of nitrogens with two attached hydrogens (primary N) is 1. The summed E-state index contributed by atoms with van der Waals surface area (Å²) in [6.45, 7) is 7.31. The Morgan fingerprint density at radius 1 is 1.37 bits per heavy atom. The fourth-order valence-corrected chi connectivity index (χ4v) is 4.00. The third-order valence-electron chi connectivity index (χ3n) is 5.80. The van der Waals surface area contributed by atoms with Crippen LogP contribution in [0.3, 0.4) is 0 Å². The van der Waals surface area contributed by atoms with Crippen molar-refractivity contribution >= 4 is 17.0 Å². The largest absolute Gasteiger partial charge is 0.396 e. The van der Waals surface area contributed by atoms with Crippen LogP contribution < -0.4 is 16.2 Å². The number of hydrogen-bond donors (Lipinski definition) is 3. The monoisotopic (exact) mass is 372 g/mol. The number of aromatic amines is 1. The molecule has 8 heteroatoms. The van der Waals surface area contributed by atoms with Crippen LogP contribution in [0.1, 0.15) is 39.3 Å². The average Bonchev–Trinajstić information content (AvgIpc) is 3.07. The molecule has 0 saturated carbocycles. The molecule has 0 aromatic carbocycles. The van der Waals surface area contributed by atoms with Crippen LogP contribution in [0.2, 0.25) is 0 Å². The Hall–Kier alpha value is -2.37. The first-order chi connectivity index (χ1) is 12.8. The van der Waals surface area contributed by atoms with Gasteiger partial charge in [-0.25, -0.2) is 0 Å². The Balaban J connectivity index is 1.92. The van der Waals surface area contributed by atoms with Gasteiger partial charge in [0.1, 0.15) is 11.1 Å². The standard InChI is InChI=1S/C19H28N6O2/c1-5-6-13-14-16(23-22-13)21-18(24(4)17(14)27)25-9-7-19(11-26,8-10-25)15(20)12(2)3/h12,15,26H,7-11,20H2,1-4H3,(H,22,23)/t15-/m1/s1. The number of nitrogens with zero attached hydrogens (tertiary/aromatic N) is 4. The van der Waals surface area contributed by atoms with Crippen LogP contribution in [0.15, 0.2) is 4.79 Å². The van der Waals surface area contributed by atoms with Crippen LogP contribution in [-0.4, -0.2) is 50.6 Å². The summed E-state index contributed by atoms with van der Waals surface area (Å²) >= 11 is 0. The summed E-state index contributed by atoms with van der Waals surface area (Å²) in [6.07, 6.45) is 1.51. The zero-order valence-corrected chi connectivity index (χ0v) is 16.4. The molecule has 1 aliphatic rings. The number of fused-ring (bicyclic) bond motifs is 1. The average molecular weight is 372 g/mol. The van der Waals surface area contributed by atoms with Gasteiger partial charge in [-0.05, 0) is 31.6 Å². The number of H-pyrrole nitrogens is 1. The van der Waals surface area contributed by atoms with Gasteiger partial charge < -0.3 is 15.7 Å². The van der Waals surface area contributed by atoms with E-state index in [1.165, 1.54) is 0 Å². The lowest BCUT2D eigenvalue weighted by atomic mass is 9.70. The highest BCUT2D eigenvalue weighted by Crippen LogP contribution is 2.37. The third-order valence-corrected chi connectivity index (χ3v) is 5.80. The van der Waals surface area contributed by atoms with E-state index in [0.29, 0.717) is 41.7 Å².